The molecule has 0 aliphatic rings. The van der Waals surface area contributed by atoms with Crippen LogP contribution in [0.1, 0.15) is 158 Å². The summed E-state index contributed by atoms with van der Waals surface area (Å²) in [5.74, 6) is 26.7. The van der Waals surface area contributed by atoms with Crippen molar-refractivity contribution in [2.75, 3.05) is 0 Å². The van der Waals surface area contributed by atoms with Gasteiger partial charge in [0.25, 0.3) is 0 Å². The minimum atomic E-state index is 0.579. The van der Waals surface area contributed by atoms with Crippen LogP contribution in [0.2, 0.25) is 0 Å². The maximum Gasteiger partial charge on any atom is 0.150 e. The summed E-state index contributed by atoms with van der Waals surface area (Å²) in [6.07, 6.45) is 18.3. The molecule has 56 heavy (non-hydrogen) atoms. The molecule has 0 heterocycles. The van der Waals surface area contributed by atoms with Crippen molar-refractivity contribution in [1.82, 2.24) is 0 Å². The van der Waals surface area contributed by atoms with Gasteiger partial charge in [-0.15, -0.1) is 0 Å². The SMILES string of the molecule is CCCCCCCCC#Cc1cc(C#Cc2ccc3ccc4ccc(C#Cc5cc(C#CCCCCCCCC)cc(C=O)c5)c5ccc2c3c45)cc(C=O)c1. The van der Waals surface area contributed by atoms with Crippen molar-refractivity contribution in [1.29, 1.82) is 0 Å². The zero-order valence-electron chi connectivity index (χ0n) is 33.0. The van der Waals surface area contributed by atoms with Gasteiger partial charge < -0.3 is 0 Å². The first kappa shape index (κ1) is 39.6. The highest BCUT2D eigenvalue weighted by molar-refractivity contribution is 6.24. The monoisotopic (exact) mass is 730 g/mol. The van der Waals surface area contributed by atoms with E-state index < -0.39 is 0 Å². The number of unbranched alkanes of at least 4 members (excludes halogenated alkanes) is 12. The molecular formula is C54H50O2. The van der Waals surface area contributed by atoms with Crippen molar-refractivity contribution in [3.63, 3.8) is 0 Å². The highest BCUT2D eigenvalue weighted by Gasteiger charge is 2.12. The average molecular weight is 731 g/mol. The van der Waals surface area contributed by atoms with E-state index in [0.717, 1.165) is 104 Å². The van der Waals surface area contributed by atoms with E-state index in [4.69, 9.17) is 0 Å². The number of hydrogen-bond donors (Lipinski definition) is 0. The van der Waals surface area contributed by atoms with E-state index in [1.54, 1.807) is 0 Å². The molecule has 2 nitrogen and oxygen atoms in total. The molecule has 0 aliphatic carbocycles. The minimum Gasteiger partial charge on any atom is -0.298 e. The Kier molecular flexibility index (Phi) is 14.6. The molecule has 6 rings (SSSR count). The Labute approximate surface area is 333 Å². The van der Waals surface area contributed by atoms with Gasteiger partial charge in [-0.25, -0.2) is 0 Å². The third-order valence-electron chi connectivity index (χ3n) is 10.3. The van der Waals surface area contributed by atoms with E-state index in [1.165, 1.54) is 64.2 Å². The number of rotatable bonds is 14. The van der Waals surface area contributed by atoms with Gasteiger partial charge in [0.15, 0.2) is 0 Å². The number of aldehydes is 2. The summed E-state index contributed by atoms with van der Waals surface area (Å²) in [5, 5.41) is 6.75. The molecule has 278 valence electrons. The molecular weight excluding hydrogens is 681 g/mol. The molecule has 0 fully saturated rings. The first-order chi connectivity index (χ1) is 27.6. The predicted molar refractivity (Wildman–Crippen MR) is 236 cm³/mol. The molecule has 0 N–H and O–H groups in total. The second-order valence-electron chi connectivity index (χ2n) is 14.7. The fraction of sp³-hybridized carbons (Fsp3) is 0.296. The predicted octanol–water partition coefficient (Wildman–Crippen LogP) is 13.2. The Morgan fingerprint density at radius 2 is 0.786 bits per heavy atom. The van der Waals surface area contributed by atoms with Crippen LogP contribution in [-0.2, 0) is 0 Å². The van der Waals surface area contributed by atoms with Crippen LogP contribution in [0.25, 0.3) is 32.3 Å². The lowest BCUT2D eigenvalue weighted by molar-refractivity contribution is 0.111. The Balaban J connectivity index is 1.26. The van der Waals surface area contributed by atoms with Crippen molar-refractivity contribution >= 4 is 44.9 Å². The van der Waals surface area contributed by atoms with Crippen LogP contribution < -0.4 is 0 Å². The molecule has 0 unspecified atom stereocenters. The Bertz CT molecular complexity index is 2390. The number of hydrogen-bond acceptors (Lipinski definition) is 2. The van der Waals surface area contributed by atoms with Crippen LogP contribution in [0.5, 0.6) is 0 Å². The lowest BCUT2D eigenvalue weighted by atomic mass is 9.90. The summed E-state index contributed by atoms with van der Waals surface area (Å²) in [6, 6.07) is 28.3. The smallest absolute Gasteiger partial charge is 0.150 e. The van der Waals surface area contributed by atoms with Crippen molar-refractivity contribution in [3.8, 4) is 47.4 Å². The quantitative estimate of drug-likeness (QED) is 0.0484. The molecule has 0 saturated carbocycles. The first-order valence-corrected chi connectivity index (χ1v) is 20.5. The fourth-order valence-electron chi connectivity index (χ4n) is 7.34. The second kappa shape index (κ2) is 20.6. The topological polar surface area (TPSA) is 34.1 Å². The van der Waals surface area contributed by atoms with Crippen LogP contribution in [0.3, 0.4) is 0 Å². The average Bonchev–Trinajstić information content (AvgIpc) is 3.23. The molecule has 0 atom stereocenters. The van der Waals surface area contributed by atoms with Crippen molar-refractivity contribution in [2.24, 2.45) is 0 Å². The highest BCUT2D eigenvalue weighted by atomic mass is 16.1. The highest BCUT2D eigenvalue weighted by Crippen LogP contribution is 2.37. The largest absolute Gasteiger partial charge is 0.298 e. The molecule has 6 aromatic rings. The Hall–Kier alpha value is -6.06. The third kappa shape index (κ3) is 10.6. The minimum absolute atomic E-state index is 0.579. The summed E-state index contributed by atoms with van der Waals surface area (Å²) < 4.78 is 0. The van der Waals surface area contributed by atoms with Gasteiger partial charge in [0.1, 0.15) is 12.6 Å². The Morgan fingerprint density at radius 3 is 1.20 bits per heavy atom. The van der Waals surface area contributed by atoms with E-state index in [-0.39, 0.29) is 0 Å². The van der Waals surface area contributed by atoms with Crippen molar-refractivity contribution < 1.29 is 9.59 Å². The number of carbonyl (C=O) groups excluding carboxylic acids is 2. The zero-order valence-corrected chi connectivity index (χ0v) is 33.0. The molecule has 0 amide bonds. The van der Waals surface area contributed by atoms with Crippen LogP contribution in [0.15, 0.2) is 84.9 Å². The molecule has 0 saturated heterocycles. The van der Waals surface area contributed by atoms with Crippen LogP contribution in [0, 0.1) is 47.4 Å². The summed E-state index contributed by atoms with van der Waals surface area (Å²) >= 11 is 0. The zero-order chi connectivity index (χ0) is 39.0. The summed E-state index contributed by atoms with van der Waals surface area (Å²) in [4.78, 5) is 23.6. The summed E-state index contributed by atoms with van der Waals surface area (Å²) in [7, 11) is 0. The number of carbonyl (C=O) groups is 2. The molecule has 0 spiro atoms. The lowest BCUT2D eigenvalue weighted by Gasteiger charge is -2.13. The molecule has 0 radical (unpaired) electrons. The Morgan fingerprint density at radius 1 is 0.411 bits per heavy atom. The van der Waals surface area contributed by atoms with Crippen molar-refractivity contribution in [2.45, 2.75) is 104 Å². The normalized spacial score (nSPS) is 10.5. The lowest BCUT2D eigenvalue weighted by Crippen LogP contribution is -1.90. The first-order valence-electron chi connectivity index (χ1n) is 20.5. The molecule has 2 heteroatoms. The van der Waals surface area contributed by atoms with E-state index in [1.807, 2.05) is 36.4 Å². The van der Waals surface area contributed by atoms with Gasteiger partial charge in [-0.1, -0.05) is 162 Å². The van der Waals surface area contributed by atoms with Crippen LogP contribution >= 0.6 is 0 Å². The van der Waals surface area contributed by atoms with Crippen molar-refractivity contribution in [3.05, 3.63) is 129 Å². The second-order valence-corrected chi connectivity index (χ2v) is 14.7. The van der Waals surface area contributed by atoms with E-state index >= 15 is 0 Å². The standard InChI is InChI=1S/C54H50O2/c1-3-5-7-9-11-13-15-17-19-41-33-43(37-45(35-41)39-55)21-23-47-25-27-49-29-30-50-28-26-48(52-32-31-51(47)53(49)54(50)52)24-22-44-34-42(36-46(38-44)40-56)20-18-16-14-12-10-8-6-4-2/h25-40H,3-16H2,1-2H3. The maximum atomic E-state index is 11.8. The van der Waals surface area contributed by atoms with E-state index in [0.29, 0.717) is 11.1 Å². The van der Waals surface area contributed by atoms with Crippen LogP contribution in [-0.4, -0.2) is 12.6 Å². The van der Waals surface area contributed by atoms with Gasteiger partial charge in [-0.05, 0) is 93.7 Å². The third-order valence-corrected chi connectivity index (χ3v) is 10.3. The fourth-order valence-corrected chi connectivity index (χ4v) is 7.34. The van der Waals surface area contributed by atoms with Gasteiger partial charge in [0.05, 0.1) is 0 Å². The van der Waals surface area contributed by atoms with Gasteiger partial charge in [0, 0.05) is 57.3 Å². The van der Waals surface area contributed by atoms with Crippen LogP contribution in [0.4, 0.5) is 0 Å². The molecule has 6 aromatic carbocycles. The maximum absolute atomic E-state index is 11.8. The van der Waals surface area contributed by atoms with Gasteiger partial charge >= 0.3 is 0 Å². The molecule has 0 aliphatic heterocycles. The van der Waals surface area contributed by atoms with Gasteiger partial charge in [-0.2, -0.15) is 0 Å². The number of benzene rings is 6. The van der Waals surface area contributed by atoms with E-state index in [9.17, 15) is 9.59 Å². The van der Waals surface area contributed by atoms with E-state index in [2.05, 4.69) is 110 Å². The molecule has 0 bridgehead atoms. The van der Waals surface area contributed by atoms with Gasteiger partial charge in [0.2, 0.25) is 0 Å². The summed E-state index contributed by atoms with van der Waals surface area (Å²) in [5.41, 5.74) is 6.18. The van der Waals surface area contributed by atoms with Gasteiger partial charge in [-0.3, -0.25) is 9.59 Å². The molecule has 0 aromatic heterocycles. The summed E-state index contributed by atoms with van der Waals surface area (Å²) in [6.45, 7) is 4.47.